The maximum absolute atomic E-state index is 4.01. The van der Waals surface area contributed by atoms with Gasteiger partial charge in [0, 0.05) is 0 Å². The summed E-state index contributed by atoms with van der Waals surface area (Å²) in [4.78, 5) is 4.01. The third-order valence-electron chi connectivity index (χ3n) is 1.30. The van der Waals surface area contributed by atoms with Gasteiger partial charge < -0.3 is 0 Å². The van der Waals surface area contributed by atoms with Crippen LogP contribution in [0.3, 0.4) is 0 Å². The van der Waals surface area contributed by atoms with Crippen molar-refractivity contribution in [3.8, 4) is 0 Å². The van der Waals surface area contributed by atoms with Crippen LogP contribution in [0.25, 0.3) is 11.0 Å². The number of fused-ring (bicyclic) bond motifs is 1. The van der Waals surface area contributed by atoms with Crippen LogP contribution in [0.1, 0.15) is 13.8 Å². The molecule has 0 radical (unpaired) electrons. The van der Waals surface area contributed by atoms with Crippen molar-refractivity contribution in [3.63, 3.8) is 0 Å². The number of rotatable bonds is 0. The van der Waals surface area contributed by atoms with E-state index >= 15 is 0 Å². The Labute approximate surface area is 71.5 Å². The lowest BCUT2D eigenvalue weighted by atomic mass is 10.3. The van der Waals surface area contributed by atoms with Gasteiger partial charge in [0.2, 0.25) is 0 Å². The SMILES string of the molecule is CC.c1ccc2nncnc2c1. The topological polar surface area (TPSA) is 38.7 Å². The van der Waals surface area contributed by atoms with Crippen LogP contribution in [-0.4, -0.2) is 15.2 Å². The highest BCUT2D eigenvalue weighted by Gasteiger charge is 1.89. The van der Waals surface area contributed by atoms with E-state index in [-0.39, 0.29) is 0 Å². The number of hydrogen-bond acceptors (Lipinski definition) is 3. The summed E-state index contributed by atoms with van der Waals surface area (Å²) in [6.07, 6.45) is 1.45. The molecule has 0 bridgehead atoms. The quantitative estimate of drug-likeness (QED) is 0.593. The highest BCUT2D eigenvalue weighted by Crippen LogP contribution is 2.03. The number of para-hydroxylation sites is 1. The molecule has 0 spiro atoms. The first-order valence-electron chi connectivity index (χ1n) is 3.99. The summed E-state index contributed by atoms with van der Waals surface area (Å²) in [6, 6.07) is 7.63. The van der Waals surface area contributed by atoms with Crippen LogP contribution in [0.5, 0.6) is 0 Å². The van der Waals surface area contributed by atoms with Gasteiger partial charge in [0.15, 0.2) is 0 Å². The fourth-order valence-corrected chi connectivity index (χ4v) is 0.834. The van der Waals surface area contributed by atoms with E-state index in [1.807, 2.05) is 38.1 Å². The molecule has 1 aromatic carbocycles. The van der Waals surface area contributed by atoms with Crippen LogP contribution >= 0.6 is 0 Å². The number of hydrogen-bond donors (Lipinski definition) is 0. The molecule has 0 fully saturated rings. The smallest absolute Gasteiger partial charge is 0.138 e. The molecule has 3 heteroatoms. The third kappa shape index (κ3) is 1.75. The predicted octanol–water partition coefficient (Wildman–Crippen LogP) is 2.05. The standard InChI is InChI=1S/C7H5N3.C2H6/c1-2-4-7-6(3-1)8-5-9-10-7;1-2/h1-5H;1-2H3. The average Bonchev–Trinajstić information content (AvgIpc) is 2.21. The monoisotopic (exact) mass is 161 g/mol. The second-order valence-corrected chi connectivity index (χ2v) is 1.95. The summed E-state index contributed by atoms with van der Waals surface area (Å²) in [7, 11) is 0. The molecule has 12 heavy (non-hydrogen) atoms. The Bertz CT molecular complexity index is 281. The Hall–Kier alpha value is -1.51. The molecule has 0 unspecified atom stereocenters. The summed E-state index contributed by atoms with van der Waals surface area (Å²) in [6.45, 7) is 4.00. The van der Waals surface area contributed by atoms with Crippen molar-refractivity contribution < 1.29 is 0 Å². The lowest BCUT2D eigenvalue weighted by molar-refractivity contribution is 1.02. The summed E-state index contributed by atoms with van der Waals surface area (Å²) >= 11 is 0. The zero-order valence-corrected chi connectivity index (χ0v) is 7.23. The minimum atomic E-state index is 0.838. The van der Waals surface area contributed by atoms with Gasteiger partial charge in [0.25, 0.3) is 0 Å². The number of nitrogens with zero attached hydrogens (tertiary/aromatic N) is 3. The summed E-state index contributed by atoms with van der Waals surface area (Å²) in [5, 5.41) is 7.52. The molecule has 0 aliphatic rings. The molecule has 3 nitrogen and oxygen atoms in total. The molecule has 0 N–H and O–H groups in total. The van der Waals surface area contributed by atoms with E-state index in [2.05, 4.69) is 15.2 Å². The number of benzene rings is 1. The molecular formula is C9H11N3. The van der Waals surface area contributed by atoms with E-state index in [1.54, 1.807) is 0 Å². The first-order chi connectivity index (χ1) is 5.97. The van der Waals surface area contributed by atoms with Crippen molar-refractivity contribution in [1.29, 1.82) is 0 Å². The van der Waals surface area contributed by atoms with E-state index in [0.717, 1.165) is 11.0 Å². The van der Waals surface area contributed by atoms with E-state index in [1.165, 1.54) is 6.33 Å². The highest BCUT2D eigenvalue weighted by molar-refractivity contribution is 5.72. The van der Waals surface area contributed by atoms with Gasteiger partial charge in [-0.05, 0) is 12.1 Å². The average molecular weight is 161 g/mol. The molecule has 0 aliphatic carbocycles. The summed E-state index contributed by atoms with van der Waals surface area (Å²) in [5.74, 6) is 0. The third-order valence-corrected chi connectivity index (χ3v) is 1.30. The van der Waals surface area contributed by atoms with Gasteiger partial charge in [-0.25, -0.2) is 4.98 Å². The van der Waals surface area contributed by atoms with Crippen molar-refractivity contribution in [2.75, 3.05) is 0 Å². The van der Waals surface area contributed by atoms with Crippen LogP contribution in [0.15, 0.2) is 30.6 Å². The van der Waals surface area contributed by atoms with Crippen molar-refractivity contribution >= 4 is 11.0 Å². The van der Waals surface area contributed by atoms with Crippen molar-refractivity contribution in [1.82, 2.24) is 15.2 Å². The van der Waals surface area contributed by atoms with Crippen LogP contribution in [0.2, 0.25) is 0 Å². The first kappa shape index (κ1) is 8.59. The molecule has 2 rings (SSSR count). The van der Waals surface area contributed by atoms with Crippen LogP contribution < -0.4 is 0 Å². The summed E-state index contributed by atoms with van der Waals surface area (Å²) < 4.78 is 0. The lowest BCUT2D eigenvalue weighted by Gasteiger charge is -1.89. The Balaban J connectivity index is 0.000000336. The second kappa shape index (κ2) is 4.38. The van der Waals surface area contributed by atoms with Crippen molar-refractivity contribution in [2.45, 2.75) is 13.8 Å². The molecule has 1 heterocycles. The van der Waals surface area contributed by atoms with Gasteiger partial charge in [-0.3, -0.25) is 0 Å². The van der Waals surface area contributed by atoms with Crippen LogP contribution in [-0.2, 0) is 0 Å². The first-order valence-corrected chi connectivity index (χ1v) is 3.99. The molecule has 62 valence electrons. The Morgan fingerprint density at radius 2 is 1.67 bits per heavy atom. The number of aromatic nitrogens is 3. The molecule has 0 amide bonds. The highest BCUT2D eigenvalue weighted by atomic mass is 15.1. The molecule has 0 aliphatic heterocycles. The minimum absolute atomic E-state index is 0.838. The van der Waals surface area contributed by atoms with Crippen molar-refractivity contribution in [2.24, 2.45) is 0 Å². The maximum atomic E-state index is 4.01. The fourth-order valence-electron chi connectivity index (χ4n) is 0.834. The van der Waals surface area contributed by atoms with Gasteiger partial charge in [-0.1, -0.05) is 26.0 Å². The lowest BCUT2D eigenvalue weighted by Crippen LogP contribution is -1.84. The van der Waals surface area contributed by atoms with Gasteiger partial charge in [0.05, 0.1) is 5.52 Å². The maximum Gasteiger partial charge on any atom is 0.138 e. The summed E-state index contributed by atoms with van der Waals surface area (Å²) in [5.41, 5.74) is 1.72. The van der Waals surface area contributed by atoms with Crippen LogP contribution in [0.4, 0.5) is 0 Å². The van der Waals surface area contributed by atoms with Gasteiger partial charge in [-0.2, -0.15) is 0 Å². The van der Waals surface area contributed by atoms with E-state index in [0.29, 0.717) is 0 Å². The molecule has 0 saturated carbocycles. The molecule has 0 atom stereocenters. The van der Waals surface area contributed by atoms with Gasteiger partial charge in [-0.15, -0.1) is 10.2 Å². The van der Waals surface area contributed by atoms with Gasteiger partial charge in [0.1, 0.15) is 11.8 Å². The zero-order chi connectivity index (χ0) is 8.81. The minimum Gasteiger partial charge on any atom is -0.233 e. The van der Waals surface area contributed by atoms with E-state index in [9.17, 15) is 0 Å². The molecule has 0 saturated heterocycles. The molecule has 1 aromatic heterocycles. The van der Waals surface area contributed by atoms with Crippen LogP contribution in [0, 0.1) is 0 Å². The van der Waals surface area contributed by atoms with E-state index < -0.39 is 0 Å². The second-order valence-electron chi connectivity index (χ2n) is 1.95. The van der Waals surface area contributed by atoms with E-state index in [4.69, 9.17) is 0 Å². The Kier molecular flexibility index (Phi) is 3.14. The predicted molar refractivity (Wildman–Crippen MR) is 48.7 cm³/mol. The Morgan fingerprint density at radius 3 is 2.33 bits per heavy atom. The molecular weight excluding hydrogens is 150 g/mol. The zero-order valence-electron chi connectivity index (χ0n) is 7.23. The fraction of sp³-hybridized carbons (Fsp3) is 0.222. The Morgan fingerprint density at radius 1 is 1.00 bits per heavy atom. The largest absolute Gasteiger partial charge is 0.233 e. The van der Waals surface area contributed by atoms with Gasteiger partial charge >= 0.3 is 0 Å². The van der Waals surface area contributed by atoms with Crippen molar-refractivity contribution in [3.05, 3.63) is 30.6 Å². The molecule has 2 aromatic rings. The normalized spacial score (nSPS) is 8.83.